The summed E-state index contributed by atoms with van der Waals surface area (Å²) >= 11 is 1.14. The van der Waals surface area contributed by atoms with Crippen molar-refractivity contribution in [2.75, 3.05) is 18.5 Å². The van der Waals surface area contributed by atoms with Gasteiger partial charge in [0.1, 0.15) is 17.8 Å². The van der Waals surface area contributed by atoms with Crippen LogP contribution in [0.3, 0.4) is 0 Å². The monoisotopic (exact) mass is 339 g/mol. The molecule has 0 bridgehead atoms. The molecule has 2 N–H and O–H groups in total. The van der Waals surface area contributed by atoms with Crippen molar-refractivity contribution in [1.29, 1.82) is 0 Å². The zero-order valence-electron chi connectivity index (χ0n) is 12.4. The van der Waals surface area contributed by atoms with Crippen LogP contribution in [-0.2, 0) is 14.3 Å². The molecule has 9 heteroatoms. The van der Waals surface area contributed by atoms with E-state index in [2.05, 4.69) is 10.3 Å². The van der Waals surface area contributed by atoms with E-state index >= 15 is 0 Å². The van der Waals surface area contributed by atoms with Crippen molar-refractivity contribution >= 4 is 34.3 Å². The van der Waals surface area contributed by atoms with Crippen molar-refractivity contribution in [2.45, 2.75) is 37.8 Å². The number of likely N-dealkylation sites (tertiary alicyclic amines) is 1. The number of carboxylic acids is 1. The van der Waals surface area contributed by atoms with Crippen LogP contribution in [0.5, 0.6) is 0 Å². The van der Waals surface area contributed by atoms with Gasteiger partial charge in [0.15, 0.2) is 5.13 Å². The van der Waals surface area contributed by atoms with Crippen LogP contribution in [0.4, 0.5) is 5.13 Å². The first-order valence-corrected chi connectivity index (χ1v) is 8.36. The maximum atomic E-state index is 12.4. The number of nitrogens with zero attached hydrogens (tertiary/aromatic N) is 2. The van der Waals surface area contributed by atoms with Crippen LogP contribution in [0.15, 0.2) is 5.38 Å². The number of thiazole rings is 1. The van der Waals surface area contributed by atoms with E-state index in [0.29, 0.717) is 37.5 Å². The molecule has 3 heterocycles. The summed E-state index contributed by atoms with van der Waals surface area (Å²) in [4.78, 5) is 40.9. The second-order valence-corrected chi connectivity index (χ2v) is 6.38. The van der Waals surface area contributed by atoms with Crippen LogP contribution in [0.25, 0.3) is 0 Å². The van der Waals surface area contributed by atoms with Gasteiger partial charge in [-0.05, 0) is 25.7 Å². The molecule has 1 aromatic heterocycles. The quantitative estimate of drug-likeness (QED) is 0.845. The third-order valence-electron chi connectivity index (χ3n) is 3.97. The van der Waals surface area contributed by atoms with Crippen LogP contribution >= 0.6 is 11.3 Å². The Bertz CT molecular complexity index is 626. The van der Waals surface area contributed by atoms with Gasteiger partial charge in [0, 0.05) is 18.5 Å². The highest BCUT2D eigenvalue weighted by atomic mass is 32.1. The van der Waals surface area contributed by atoms with E-state index in [-0.39, 0.29) is 11.6 Å². The molecular weight excluding hydrogens is 322 g/mol. The van der Waals surface area contributed by atoms with Gasteiger partial charge in [0.25, 0.3) is 11.8 Å². The second-order valence-electron chi connectivity index (χ2n) is 5.52. The fourth-order valence-electron chi connectivity index (χ4n) is 2.81. The number of ether oxygens (including phenoxy) is 1. The van der Waals surface area contributed by atoms with Gasteiger partial charge in [0.05, 0.1) is 0 Å². The molecule has 2 aliphatic heterocycles. The molecule has 0 aromatic carbocycles. The highest BCUT2D eigenvalue weighted by Gasteiger charge is 2.35. The van der Waals surface area contributed by atoms with E-state index in [1.807, 2.05) is 0 Å². The van der Waals surface area contributed by atoms with E-state index in [0.717, 1.165) is 17.8 Å². The zero-order valence-corrected chi connectivity index (χ0v) is 13.2. The lowest BCUT2D eigenvalue weighted by Crippen LogP contribution is -2.40. The van der Waals surface area contributed by atoms with Crippen LogP contribution < -0.4 is 5.32 Å². The number of rotatable bonds is 4. The molecule has 2 aliphatic rings. The number of carbonyl (C=O) groups is 3. The Hall–Kier alpha value is -2.00. The summed E-state index contributed by atoms with van der Waals surface area (Å²) < 4.78 is 5.29. The van der Waals surface area contributed by atoms with Gasteiger partial charge in [-0.3, -0.25) is 14.9 Å². The Morgan fingerprint density at radius 2 is 2.17 bits per heavy atom. The first-order chi connectivity index (χ1) is 11.1. The van der Waals surface area contributed by atoms with E-state index in [9.17, 15) is 14.4 Å². The van der Waals surface area contributed by atoms with Gasteiger partial charge >= 0.3 is 5.97 Å². The lowest BCUT2D eigenvalue weighted by molar-refractivity contribution is -0.141. The molecule has 0 radical (unpaired) electrons. The second kappa shape index (κ2) is 6.63. The van der Waals surface area contributed by atoms with Gasteiger partial charge in [-0.15, -0.1) is 11.3 Å². The predicted octanol–water partition coefficient (Wildman–Crippen LogP) is 0.950. The predicted molar refractivity (Wildman–Crippen MR) is 81.4 cm³/mol. The molecule has 2 amide bonds. The number of aromatic nitrogens is 1. The Balaban J connectivity index is 1.65. The zero-order chi connectivity index (χ0) is 16.4. The molecule has 0 aliphatic carbocycles. The average Bonchev–Trinajstić information content (AvgIpc) is 3.26. The number of hydrogen-bond acceptors (Lipinski definition) is 6. The van der Waals surface area contributed by atoms with Crippen molar-refractivity contribution in [2.24, 2.45) is 0 Å². The minimum Gasteiger partial charge on any atom is -0.480 e. The van der Waals surface area contributed by atoms with Gasteiger partial charge < -0.3 is 14.7 Å². The first kappa shape index (κ1) is 15.9. The lowest BCUT2D eigenvalue weighted by atomic mass is 10.2. The molecule has 124 valence electrons. The van der Waals surface area contributed by atoms with E-state index in [4.69, 9.17) is 9.84 Å². The van der Waals surface area contributed by atoms with Crippen molar-refractivity contribution in [3.05, 3.63) is 11.1 Å². The van der Waals surface area contributed by atoms with Gasteiger partial charge in [-0.2, -0.15) is 0 Å². The first-order valence-electron chi connectivity index (χ1n) is 7.48. The standard InChI is InChI=1S/C14H17N3O5S/c18-11(10-4-2-6-22-10)16-14-15-8(7-23-14)12(19)17-5-1-3-9(17)13(20)21/h7,9-10H,1-6H2,(H,20,21)(H,15,16,18). The molecule has 2 atom stereocenters. The van der Waals surface area contributed by atoms with Crippen molar-refractivity contribution in [3.63, 3.8) is 0 Å². The summed E-state index contributed by atoms with van der Waals surface area (Å²) in [6.45, 7) is 0.982. The largest absolute Gasteiger partial charge is 0.480 e. The van der Waals surface area contributed by atoms with E-state index in [1.165, 1.54) is 10.3 Å². The summed E-state index contributed by atoms with van der Waals surface area (Å²) in [6.07, 6.45) is 2.18. The van der Waals surface area contributed by atoms with E-state index in [1.54, 1.807) is 0 Å². The number of carboxylic acid groups (broad SMARTS) is 1. The molecule has 1 aromatic rings. The number of aliphatic carboxylic acids is 1. The average molecular weight is 339 g/mol. The Labute approximate surface area is 136 Å². The molecule has 23 heavy (non-hydrogen) atoms. The fourth-order valence-corrected chi connectivity index (χ4v) is 3.50. The van der Waals surface area contributed by atoms with Crippen molar-refractivity contribution in [1.82, 2.24) is 9.88 Å². The Kier molecular flexibility index (Phi) is 4.58. The maximum Gasteiger partial charge on any atom is 0.326 e. The molecule has 8 nitrogen and oxygen atoms in total. The van der Waals surface area contributed by atoms with Crippen LogP contribution in [0, 0.1) is 0 Å². The highest BCUT2D eigenvalue weighted by molar-refractivity contribution is 7.14. The number of nitrogens with one attached hydrogen (secondary N) is 1. The molecule has 3 rings (SSSR count). The molecule has 2 unspecified atom stereocenters. The van der Waals surface area contributed by atoms with Crippen molar-refractivity contribution in [3.8, 4) is 0 Å². The Morgan fingerprint density at radius 3 is 2.87 bits per heavy atom. The summed E-state index contributed by atoms with van der Waals surface area (Å²) in [6, 6.07) is -0.797. The van der Waals surface area contributed by atoms with E-state index < -0.39 is 24.0 Å². The summed E-state index contributed by atoms with van der Waals surface area (Å²) in [5, 5.41) is 13.6. The molecule has 2 fully saturated rings. The topological polar surface area (TPSA) is 109 Å². The summed E-state index contributed by atoms with van der Waals surface area (Å²) in [7, 11) is 0. The van der Waals surface area contributed by atoms with Gasteiger partial charge in [-0.1, -0.05) is 0 Å². The van der Waals surface area contributed by atoms with Gasteiger partial charge in [-0.25, -0.2) is 9.78 Å². The lowest BCUT2D eigenvalue weighted by Gasteiger charge is -2.20. The van der Waals surface area contributed by atoms with Crippen LogP contribution in [0.2, 0.25) is 0 Å². The number of carbonyl (C=O) groups excluding carboxylic acids is 2. The molecule has 0 spiro atoms. The number of amides is 2. The SMILES string of the molecule is O=C(Nc1nc(C(=O)N2CCCC2C(=O)O)cs1)C1CCCO1. The highest BCUT2D eigenvalue weighted by Crippen LogP contribution is 2.23. The number of anilines is 1. The minimum atomic E-state index is -1.00. The molecular formula is C14H17N3O5S. The summed E-state index contributed by atoms with van der Waals surface area (Å²) in [5.74, 6) is -1.68. The third-order valence-corrected chi connectivity index (χ3v) is 4.73. The maximum absolute atomic E-state index is 12.4. The van der Waals surface area contributed by atoms with Crippen LogP contribution in [0.1, 0.15) is 36.2 Å². The molecule has 0 saturated carbocycles. The minimum absolute atomic E-state index is 0.158. The van der Waals surface area contributed by atoms with Gasteiger partial charge in [0.2, 0.25) is 0 Å². The van der Waals surface area contributed by atoms with Crippen molar-refractivity contribution < 1.29 is 24.2 Å². The normalized spacial score (nSPS) is 23.9. The fraction of sp³-hybridized carbons (Fsp3) is 0.571. The summed E-state index contributed by atoms with van der Waals surface area (Å²) in [5.41, 5.74) is 0.158. The smallest absolute Gasteiger partial charge is 0.326 e. The number of hydrogen-bond donors (Lipinski definition) is 2. The third kappa shape index (κ3) is 3.35. The Morgan fingerprint density at radius 1 is 1.35 bits per heavy atom. The molecule has 2 saturated heterocycles. The van der Waals surface area contributed by atoms with Crippen LogP contribution in [-0.4, -0.2) is 58.1 Å².